The second kappa shape index (κ2) is 18.1. The summed E-state index contributed by atoms with van der Waals surface area (Å²) >= 11 is 0. The van der Waals surface area contributed by atoms with Gasteiger partial charge in [-0.25, -0.2) is 0 Å². The third-order valence-corrected chi connectivity index (χ3v) is 16.3. The summed E-state index contributed by atoms with van der Waals surface area (Å²) in [4.78, 5) is 4.71. The Morgan fingerprint density at radius 3 is 0.896 bits per heavy atom. The molecule has 0 saturated carbocycles. The van der Waals surface area contributed by atoms with Crippen LogP contribution in [0.4, 0.5) is 34.1 Å². The molecule has 0 aliphatic heterocycles. The zero-order valence-corrected chi connectivity index (χ0v) is 42.3. The lowest BCUT2D eigenvalue weighted by molar-refractivity contribution is 0.794. The average molecular weight is 979 g/mol. The molecule has 0 radical (unpaired) electrons. The number of para-hydroxylation sites is 2. The topological polar surface area (TPSA) is 6.48 Å². The zero-order valence-electron chi connectivity index (χ0n) is 42.3. The van der Waals surface area contributed by atoms with Gasteiger partial charge in [-0.05, 0) is 178 Å². The van der Waals surface area contributed by atoms with Crippen LogP contribution in [-0.2, 0) is 5.41 Å². The standard InChI is InChI=1S/C75H50N2/c1-4-20-52(21-5-1)73-65-29-10-12-31-67(65)74(68-32-13-11-30-66(68)73)53-38-43-58(44-39-53)77(60-47-45-59(46-48-60)76(55-22-6-2-7-23-55)56-24-8-3-9-25-56)57-41-36-51(37-42-57)54-40-49-64-63-28-16-19-35-71(63)75(72(64)50-54)69-33-17-14-26-61(69)62-27-15-18-34-70(62)75/h1-50H. The number of hydrogen-bond acceptors (Lipinski definition) is 2. The molecule has 0 bridgehead atoms. The summed E-state index contributed by atoms with van der Waals surface area (Å²) in [6.45, 7) is 0. The number of hydrogen-bond donors (Lipinski definition) is 0. The van der Waals surface area contributed by atoms with Gasteiger partial charge in [0.05, 0.1) is 5.41 Å². The second-order valence-electron chi connectivity index (χ2n) is 20.3. The maximum Gasteiger partial charge on any atom is 0.0725 e. The van der Waals surface area contributed by atoms with Crippen LogP contribution in [0.3, 0.4) is 0 Å². The van der Waals surface area contributed by atoms with Crippen LogP contribution in [0.15, 0.2) is 303 Å². The molecule has 1 spiro atoms. The molecule has 0 N–H and O–H groups in total. The lowest BCUT2D eigenvalue weighted by Crippen LogP contribution is -2.25. The minimum absolute atomic E-state index is 0.400. The zero-order chi connectivity index (χ0) is 50.9. The van der Waals surface area contributed by atoms with Crippen LogP contribution in [0, 0.1) is 0 Å². The van der Waals surface area contributed by atoms with Gasteiger partial charge in [0, 0.05) is 34.1 Å². The first-order valence-electron chi connectivity index (χ1n) is 26.7. The van der Waals surface area contributed by atoms with Crippen molar-refractivity contribution in [3.05, 3.63) is 326 Å². The predicted octanol–water partition coefficient (Wildman–Crippen LogP) is 20.3. The van der Waals surface area contributed by atoms with Crippen molar-refractivity contribution < 1.29 is 0 Å². The Morgan fingerprint density at radius 2 is 0.481 bits per heavy atom. The largest absolute Gasteiger partial charge is 0.311 e. The van der Waals surface area contributed by atoms with Gasteiger partial charge in [0.2, 0.25) is 0 Å². The van der Waals surface area contributed by atoms with Crippen LogP contribution in [0.5, 0.6) is 0 Å². The minimum Gasteiger partial charge on any atom is -0.311 e. The monoisotopic (exact) mass is 978 g/mol. The van der Waals surface area contributed by atoms with Crippen molar-refractivity contribution in [2.24, 2.45) is 0 Å². The van der Waals surface area contributed by atoms with Crippen LogP contribution in [-0.4, -0.2) is 0 Å². The lowest BCUT2D eigenvalue weighted by atomic mass is 9.70. The van der Waals surface area contributed by atoms with Crippen LogP contribution in [0.25, 0.3) is 77.2 Å². The molecule has 0 fully saturated rings. The molecule has 77 heavy (non-hydrogen) atoms. The quantitative estimate of drug-likeness (QED) is 0.133. The van der Waals surface area contributed by atoms with Gasteiger partial charge in [-0.2, -0.15) is 0 Å². The third kappa shape index (κ3) is 7.03. The number of anilines is 6. The van der Waals surface area contributed by atoms with E-state index in [4.69, 9.17) is 0 Å². The number of nitrogens with zero attached hydrogens (tertiary/aromatic N) is 2. The molecule has 13 aromatic carbocycles. The third-order valence-electron chi connectivity index (χ3n) is 16.3. The molecule has 0 aromatic heterocycles. The Kier molecular flexibility index (Phi) is 10.5. The Balaban J connectivity index is 0.855. The number of benzene rings is 13. The van der Waals surface area contributed by atoms with E-state index < -0.39 is 5.41 Å². The van der Waals surface area contributed by atoms with Crippen LogP contribution in [0.1, 0.15) is 22.3 Å². The van der Waals surface area contributed by atoms with Gasteiger partial charge in [0.25, 0.3) is 0 Å². The summed E-state index contributed by atoms with van der Waals surface area (Å²) < 4.78 is 0. The summed E-state index contributed by atoms with van der Waals surface area (Å²) in [7, 11) is 0. The SMILES string of the molecule is c1ccc(-c2c3ccccc3c(-c3ccc(N(c4ccc(-c5ccc6c(c5)C5(c7ccccc7-c7ccccc75)c5ccccc5-6)cc4)c4ccc(N(c5ccccc5)c5ccccc5)cc4)cc3)c3ccccc23)cc1. The van der Waals surface area contributed by atoms with Crippen molar-refractivity contribution in [1.82, 2.24) is 0 Å². The van der Waals surface area contributed by atoms with E-state index in [9.17, 15) is 0 Å². The highest BCUT2D eigenvalue weighted by atomic mass is 15.2. The average Bonchev–Trinajstić information content (AvgIpc) is 4.14. The molecule has 0 amide bonds. The first-order valence-corrected chi connectivity index (χ1v) is 26.7. The van der Waals surface area contributed by atoms with Gasteiger partial charge < -0.3 is 9.80 Å². The van der Waals surface area contributed by atoms with E-state index in [0.717, 1.165) is 34.1 Å². The molecule has 0 saturated heterocycles. The molecule has 2 aliphatic carbocycles. The summed E-state index contributed by atoms with van der Waals surface area (Å²) in [6.07, 6.45) is 0. The Hall–Kier alpha value is -10.0. The van der Waals surface area contributed by atoms with Crippen molar-refractivity contribution >= 4 is 55.7 Å². The van der Waals surface area contributed by atoms with E-state index in [1.807, 2.05) is 0 Å². The van der Waals surface area contributed by atoms with Crippen LogP contribution < -0.4 is 9.80 Å². The van der Waals surface area contributed by atoms with Crippen molar-refractivity contribution in [3.63, 3.8) is 0 Å². The molecule has 0 heterocycles. The van der Waals surface area contributed by atoms with Crippen LogP contribution >= 0.6 is 0 Å². The van der Waals surface area contributed by atoms with E-state index in [1.165, 1.54) is 99.4 Å². The molecular weight excluding hydrogens is 929 g/mol. The predicted molar refractivity (Wildman–Crippen MR) is 323 cm³/mol. The molecule has 360 valence electrons. The van der Waals surface area contributed by atoms with Crippen LogP contribution in [0.2, 0.25) is 0 Å². The summed E-state index contributed by atoms with van der Waals surface area (Å²) in [5.41, 5.74) is 24.0. The highest BCUT2D eigenvalue weighted by Gasteiger charge is 2.51. The van der Waals surface area contributed by atoms with E-state index in [1.54, 1.807) is 0 Å². The van der Waals surface area contributed by atoms with Crippen molar-refractivity contribution in [2.75, 3.05) is 9.80 Å². The Labute approximate surface area is 449 Å². The van der Waals surface area contributed by atoms with Crippen molar-refractivity contribution in [2.45, 2.75) is 5.41 Å². The lowest BCUT2D eigenvalue weighted by Gasteiger charge is -2.30. The van der Waals surface area contributed by atoms with Gasteiger partial charge in [-0.3, -0.25) is 0 Å². The highest BCUT2D eigenvalue weighted by molar-refractivity contribution is 6.21. The Morgan fingerprint density at radius 1 is 0.195 bits per heavy atom. The molecule has 0 atom stereocenters. The van der Waals surface area contributed by atoms with Crippen molar-refractivity contribution in [1.29, 1.82) is 0 Å². The summed E-state index contributed by atoms with van der Waals surface area (Å²) in [5.74, 6) is 0. The van der Waals surface area contributed by atoms with E-state index >= 15 is 0 Å². The number of fused-ring (bicyclic) bond motifs is 12. The first kappa shape index (κ1) is 44.5. The molecule has 0 unspecified atom stereocenters. The van der Waals surface area contributed by atoms with Gasteiger partial charge in [0.15, 0.2) is 0 Å². The first-order chi connectivity index (χ1) is 38.2. The fourth-order valence-electron chi connectivity index (χ4n) is 13.0. The van der Waals surface area contributed by atoms with Gasteiger partial charge >= 0.3 is 0 Å². The van der Waals surface area contributed by atoms with Gasteiger partial charge in [-0.15, -0.1) is 0 Å². The summed E-state index contributed by atoms with van der Waals surface area (Å²) in [6, 6.07) is 112. The van der Waals surface area contributed by atoms with E-state index in [0.29, 0.717) is 0 Å². The fourth-order valence-corrected chi connectivity index (χ4v) is 13.0. The molecular formula is C75H50N2. The summed E-state index contributed by atoms with van der Waals surface area (Å²) in [5, 5.41) is 4.98. The molecule has 2 heteroatoms. The number of rotatable bonds is 9. The smallest absolute Gasteiger partial charge is 0.0725 e. The normalized spacial score (nSPS) is 12.5. The van der Waals surface area contributed by atoms with E-state index in [-0.39, 0.29) is 0 Å². The van der Waals surface area contributed by atoms with E-state index in [2.05, 4.69) is 313 Å². The maximum atomic E-state index is 2.48. The Bertz CT molecular complexity index is 4190. The van der Waals surface area contributed by atoms with Crippen molar-refractivity contribution in [3.8, 4) is 55.6 Å². The molecule has 15 rings (SSSR count). The molecule has 13 aromatic rings. The highest BCUT2D eigenvalue weighted by Crippen LogP contribution is 2.63. The minimum atomic E-state index is -0.400. The van der Waals surface area contributed by atoms with Gasteiger partial charge in [0.1, 0.15) is 0 Å². The fraction of sp³-hybridized carbons (Fsp3) is 0.0133. The van der Waals surface area contributed by atoms with Gasteiger partial charge in [-0.1, -0.05) is 224 Å². The molecule has 2 aliphatic rings. The molecule has 2 nitrogen and oxygen atoms in total. The maximum absolute atomic E-state index is 2.48. The second-order valence-corrected chi connectivity index (χ2v) is 20.3.